The van der Waals surface area contributed by atoms with Crippen LogP contribution in [0.4, 0.5) is 4.79 Å². The number of carbonyl (C=O) groups excluding carboxylic acids is 2. The first kappa shape index (κ1) is 18.1. The molecule has 1 amide bonds. The first-order chi connectivity index (χ1) is 9.21. The van der Waals surface area contributed by atoms with Gasteiger partial charge in [-0.1, -0.05) is 0 Å². The Bertz CT molecular complexity index is 395. The smallest absolute Gasteiger partial charge is 0.407 e. The van der Waals surface area contributed by atoms with Crippen molar-refractivity contribution in [3.63, 3.8) is 0 Å². The van der Waals surface area contributed by atoms with Crippen molar-refractivity contribution in [2.45, 2.75) is 46.1 Å². The molecule has 0 aromatic carbocycles. The fourth-order valence-electron chi connectivity index (χ4n) is 1.42. The van der Waals surface area contributed by atoms with Crippen molar-refractivity contribution in [2.24, 2.45) is 0 Å². The van der Waals surface area contributed by atoms with Gasteiger partial charge < -0.3 is 20.8 Å². The Labute approximate surface area is 120 Å². The molecule has 20 heavy (non-hydrogen) atoms. The molecule has 0 saturated heterocycles. The summed E-state index contributed by atoms with van der Waals surface area (Å²) in [5, 5.41) is 12.7. The molecule has 0 rings (SSSR count). The topological polar surface area (TPSA) is 91.3 Å². The minimum absolute atomic E-state index is 0.113. The van der Waals surface area contributed by atoms with E-state index in [9.17, 15) is 9.59 Å². The third-order valence-electron chi connectivity index (χ3n) is 2.47. The van der Waals surface area contributed by atoms with Crippen LogP contribution in [0, 0.1) is 5.41 Å². The van der Waals surface area contributed by atoms with Crippen LogP contribution in [0.25, 0.3) is 0 Å². The van der Waals surface area contributed by atoms with Crippen LogP contribution in [0.2, 0.25) is 0 Å². The average molecular weight is 283 g/mol. The molecule has 0 atom stereocenters. The number of ketones is 1. The maximum atomic E-state index is 11.9. The molecule has 3 N–H and O–H groups in total. The highest BCUT2D eigenvalue weighted by molar-refractivity contribution is 6.12. The van der Waals surface area contributed by atoms with Crippen LogP contribution >= 0.6 is 0 Å². The number of Topliss-reactive ketones (excluding diaryl/α,β-unsaturated/α-hetero) is 1. The summed E-state index contributed by atoms with van der Waals surface area (Å²) in [6.07, 6.45) is 1.35. The summed E-state index contributed by atoms with van der Waals surface area (Å²) < 4.78 is 5.08. The highest BCUT2D eigenvalue weighted by atomic mass is 16.6. The molecule has 0 radical (unpaired) electrons. The normalized spacial score (nSPS) is 12.2. The van der Waals surface area contributed by atoms with Crippen LogP contribution in [-0.2, 0) is 9.53 Å². The van der Waals surface area contributed by atoms with E-state index in [1.54, 1.807) is 34.7 Å². The number of hydrogen-bond acceptors (Lipinski definition) is 5. The van der Waals surface area contributed by atoms with Gasteiger partial charge >= 0.3 is 6.09 Å². The molecule has 0 heterocycles. The zero-order valence-corrected chi connectivity index (χ0v) is 12.9. The van der Waals surface area contributed by atoms with Crippen LogP contribution in [0.15, 0.2) is 11.3 Å². The van der Waals surface area contributed by atoms with Crippen molar-refractivity contribution >= 4 is 18.1 Å². The molecule has 0 saturated carbocycles. The highest BCUT2D eigenvalue weighted by Gasteiger charge is 2.16. The van der Waals surface area contributed by atoms with Crippen molar-refractivity contribution < 1.29 is 14.3 Å². The van der Waals surface area contributed by atoms with Gasteiger partial charge in [0.05, 0.1) is 5.57 Å². The zero-order chi connectivity index (χ0) is 15.8. The number of nitrogens with one attached hydrogen (secondary N) is 3. The minimum atomic E-state index is -0.528. The average Bonchev–Trinajstić information content (AvgIpc) is 2.33. The quantitative estimate of drug-likeness (QED) is 0.378. The van der Waals surface area contributed by atoms with Crippen molar-refractivity contribution in [1.82, 2.24) is 10.6 Å². The van der Waals surface area contributed by atoms with E-state index in [1.807, 2.05) is 0 Å². The second-order valence-electron chi connectivity index (χ2n) is 5.39. The van der Waals surface area contributed by atoms with Gasteiger partial charge in [-0.15, -0.1) is 0 Å². The first-order valence-corrected chi connectivity index (χ1v) is 6.60. The summed E-state index contributed by atoms with van der Waals surface area (Å²) >= 11 is 0. The summed E-state index contributed by atoms with van der Waals surface area (Å²) in [6, 6.07) is 0. The largest absolute Gasteiger partial charge is 0.444 e. The number of allylic oxidation sites excluding steroid dienone is 2. The lowest BCUT2D eigenvalue weighted by Gasteiger charge is -2.19. The summed E-state index contributed by atoms with van der Waals surface area (Å²) in [6.45, 7) is 7.48. The number of ether oxygens (including phenoxy) is 1. The Balaban J connectivity index is 4.11. The molecule has 6 nitrogen and oxygen atoms in total. The summed E-state index contributed by atoms with van der Waals surface area (Å²) in [5.41, 5.74) is 0.509. The Kier molecular flexibility index (Phi) is 7.57. The predicted molar refractivity (Wildman–Crippen MR) is 79.0 cm³/mol. The maximum Gasteiger partial charge on any atom is 0.407 e. The van der Waals surface area contributed by atoms with E-state index in [4.69, 9.17) is 10.1 Å². The monoisotopic (exact) mass is 283 g/mol. The Morgan fingerprint density at radius 1 is 1.30 bits per heavy atom. The van der Waals surface area contributed by atoms with Crippen molar-refractivity contribution in [3.8, 4) is 0 Å². The van der Waals surface area contributed by atoms with Gasteiger partial charge in [-0.3, -0.25) is 4.79 Å². The van der Waals surface area contributed by atoms with E-state index in [0.717, 1.165) is 6.21 Å². The molecule has 0 bridgehead atoms. The van der Waals surface area contributed by atoms with Crippen molar-refractivity contribution in [3.05, 3.63) is 11.3 Å². The molecule has 0 aliphatic carbocycles. The molecular formula is C14H25N3O3. The van der Waals surface area contributed by atoms with Gasteiger partial charge in [-0.25, -0.2) is 4.79 Å². The highest BCUT2D eigenvalue weighted by Crippen LogP contribution is 2.07. The van der Waals surface area contributed by atoms with Gasteiger partial charge in [0, 0.05) is 31.9 Å². The van der Waals surface area contributed by atoms with Crippen LogP contribution < -0.4 is 10.6 Å². The Hall–Kier alpha value is -1.85. The summed E-state index contributed by atoms with van der Waals surface area (Å²) in [5.74, 6) is -0.113. The number of carbonyl (C=O) groups is 2. The van der Waals surface area contributed by atoms with Gasteiger partial charge in [0.2, 0.25) is 0 Å². The van der Waals surface area contributed by atoms with Crippen LogP contribution in [-0.4, -0.2) is 37.3 Å². The van der Waals surface area contributed by atoms with Gasteiger partial charge in [0.15, 0.2) is 5.78 Å². The van der Waals surface area contributed by atoms with E-state index < -0.39 is 11.7 Å². The van der Waals surface area contributed by atoms with Crippen LogP contribution in [0.5, 0.6) is 0 Å². The number of rotatable bonds is 7. The zero-order valence-electron chi connectivity index (χ0n) is 12.9. The molecule has 0 unspecified atom stereocenters. The summed E-state index contributed by atoms with van der Waals surface area (Å²) in [7, 11) is 1.70. The van der Waals surface area contributed by atoms with Gasteiger partial charge in [0.1, 0.15) is 5.60 Å². The first-order valence-electron chi connectivity index (χ1n) is 6.60. The molecule has 6 heteroatoms. The Morgan fingerprint density at radius 3 is 2.35 bits per heavy atom. The van der Waals surface area contributed by atoms with E-state index >= 15 is 0 Å². The van der Waals surface area contributed by atoms with Crippen LogP contribution in [0.3, 0.4) is 0 Å². The van der Waals surface area contributed by atoms with Crippen molar-refractivity contribution in [2.75, 3.05) is 13.6 Å². The molecular weight excluding hydrogens is 258 g/mol. The second-order valence-corrected chi connectivity index (χ2v) is 5.39. The second kappa shape index (κ2) is 8.35. The Morgan fingerprint density at radius 2 is 1.90 bits per heavy atom. The fourth-order valence-corrected chi connectivity index (χ4v) is 1.42. The lowest BCUT2D eigenvalue weighted by Crippen LogP contribution is -2.33. The predicted octanol–water partition coefficient (Wildman–Crippen LogP) is 2.00. The maximum absolute atomic E-state index is 11.9. The fraction of sp³-hybridized carbons (Fsp3) is 0.643. The third kappa shape index (κ3) is 7.56. The summed E-state index contributed by atoms with van der Waals surface area (Å²) in [4.78, 5) is 23.2. The van der Waals surface area contributed by atoms with Crippen LogP contribution in [0.1, 0.15) is 40.5 Å². The lowest BCUT2D eigenvalue weighted by atomic mass is 10.1. The minimum Gasteiger partial charge on any atom is -0.444 e. The van der Waals surface area contributed by atoms with Crippen molar-refractivity contribution in [1.29, 1.82) is 5.41 Å². The molecule has 0 aromatic heterocycles. The molecule has 0 spiro atoms. The third-order valence-corrected chi connectivity index (χ3v) is 2.47. The van der Waals surface area contributed by atoms with E-state index in [0.29, 0.717) is 24.2 Å². The SMILES string of the molecule is CN/C(C)=C(\C=N)C(=O)CCCNC(=O)OC(C)(C)C. The van der Waals surface area contributed by atoms with E-state index in [1.165, 1.54) is 0 Å². The van der Waals surface area contributed by atoms with Gasteiger partial charge in [0.25, 0.3) is 0 Å². The van der Waals surface area contributed by atoms with Gasteiger partial charge in [-0.05, 0) is 34.1 Å². The number of amides is 1. The van der Waals surface area contributed by atoms with E-state index in [-0.39, 0.29) is 12.2 Å². The lowest BCUT2D eigenvalue weighted by molar-refractivity contribution is -0.115. The standard InChI is InChI=1S/C14H25N3O3/c1-10(16-5)11(9-15)12(18)7-6-8-17-13(19)20-14(2,3)4/h9,15-16H,6-8H2,1-5H3,(H,17,19)/b11-10+,15-9?. The van der Waals surface area contributed by atoms with E-state index in [2.05, 4.69) is 10.6 Å². The molecule has 0 aliphatic rings. The molecule has 0 fully saturated rings. The number of alkyl carbamates (subject to hydrolysis) is 1. The molecule has 0 aromatic rings. The molecule has 0 aliphatic heterocycles. The molecule has 114 valence electrons. The number of hydrogen-bond donors (Lipinski definition) is 3. The van der Waals surface area contributed by atoms with Gasteiger partial charge in [-0.2, -0.15) is 0 Å².